The SMILES string of the molecule is Cc1cccc(Nc2ccc(N)c(OCC(C)C)n2)c1C. The number of rotatable bonds is 5. The van der Waals surface area contributed by atoms with E-state index in [2.05, 4.69) is 44.1 Å². The minimum atomic E-state index is 0.432. The lowest BCUT2D eigenvalue weighted by Gasteiger charge is -2.14. The van der Waals surface area contributed by atoms with Gasteiger partial charge in [-0.15, -0.1) is 0 Å². The topological polar surface area (TPSA) is 60.2 Å². The van der Waals surface area contributed by atoms with Crippen LogP contribution in [0.15, 0.2) is 30.3 Å². The van der Waals surface area contributed by atoms with E-state index in [4.69, 9.17) is 10.5 Å². The lowest BCUT2D eigenvalue weighted by molar-refractivity contribution is 0.263. The van der Waals surface area contributed by atoms with E-state index < -0.39 is 0 Å². The average Bonchev–Trinajstić information content (AvgIpc) is 2.44. The van der Waals surface area contributed by atoms with Crippen molar-refractivity contribution in [2.75, 3.05) is 17.7 Å². The monoisotopic (exact) mass is 285 g/mol. The lowest BCUT2D eigenvalue weighted by atomic mass is 10.1. The van der Waals surface area contributed by atoms with E-state index >= 15 is 0 Å². The maximum Gasteiger partial charge on any atom is 0.239 e. The summed E-state index contributed by atoms with van der Waals surface area (Å²) in [6.45, 7) is 8.96. The van der Waals surface area contributed by atoms with Gasteiger partial charge < -0.3 is 15.8 Å². The van der Waals surface area contributed by atoms with Crippen molar-refractivity contribution in [3.63, 3.8) is 0 Å². The number of anilines is 3. The van der Waals surface area contributed by atoms with Crippen LogP contribution in [0.4, 0.5) is 17.2 Å². The molecule has 0 aliphatic heterocycles. The number of nitrogen functional groups attached to an aromatic ring is 1. The van der Waals surface area contributed by atoms with Crippen molar-refractivity contribution in [2.45, 2.75) is 27.7 Å². The zero-order valence-electron chi connectivity index (χ0n) is 13.1. The Bertz CT molecular complexity index is 623. The molecule has 112 valence electrons. The summed E-state index contributed by atoms with van der Waals surface area (Å²) < 4.78 is 5.65. The molecule has 0 unspecified atom stereocenters. The molecule has 0 aliphatic rings. The standard InChI is InChI=1S/C17H23N3O/c1-11(2)10-21-17-14(18)8-9-16(20-17)19-15-7-5-6-12(3)13(15)4/h5-9,11H,10,18H2,1-4H3,(H,19,20). The minimum absolute atomic E-state index is 0.432. The van der Waals surface area contributed by atoms with Crippen molar-refractivity contribution in [3.8, 4) is 5.88 Å². The molecule has 1 aromatic heterocycles. The smallest absolute Gasteiger partial charge is 0.239 e. The number of nitrogens with two attached hydrogens (primary N) is 1. The van der Waals surface area contributed by atoms with Gasteiger partial charge in [0.15, 0.2) is 0 Å². The fraction of sp³-hybridized carbons (Fsp3) is 0.353. The highest BCUT2D eigenvalue weighted by molar-refractivity contribution is 5.64. The summed E-state index contributed by atoms with van der Waals surface area (Å²) in [7, 11) is 0. The molecule has 2 aromatic rings. The molecule has 1 aromatic carbocycles. The molecular formula is C17H23N3O. The van der Waals surface area contributed by atoms with Gasteiger partial charge in [0.2, 0.25) is 5.88 Å². The third kappa shape index (κ3) is 3.88. The number of benzene rings is 1. The summed E-state index contributed by atoms with van der Waals surface area (Å²) in [5, 5.41) is 3.32. The largest absolute Gasteiger partial charge is 0.476 e. The van der Waals surface area contributed by atoms with E-state index in [1.54, 1.807) is 0 Å². The number of aryl methyl sites for hydroxylation is 1. The predicted molar refractivity (Wildman–Crippen MR) is 88.2 cm³/mol. The van der Waals surface area contributed by atoms with Crippen molar-refractivity contribution >= 4 is 17.2 Å². The van der Waals surface area contributed by atoms with E-state index in [1.165, 1.54) is 11.1 Å². The zero-order valence-corrected chi connectivity index (χ0v) is 13.1. The number of hydrogen-bond acceptors (Lipinski definition) is 4. The number of nitrogens with one attached hydrogen (secondary N) is 1. The molecule has 0 radical (unpaired) electrons. The first-order chi connectivity index (χ1) is 9.97. The van der Waals surface area contributed by atoms with E-state index in [0.29, 0.717) is 24.1 Å². The Balaban J connectivity index is 2.20. The van der Waals surface area contributed by atoms with Gasteiger partial charge in [-0.2, -0.15) is 4.98 Å². The summed E-state index contributed by atoms with van der Waals surface area (Å²) in [5.74, 6) is 1.65. The van der Waals surface area contributed by atoms with Crippen LogP contribution in [0.1, 0.15) is 25.0 Å². The van der Waals surface area contributed by atoms with Crippen LogP contribution in [0.3, 0.4) is 0 Å². The molecule has 0 saturated carbocycles. The van der Waals surface area contributed by atoms with E-state index in [-0.39, 0.29) is 0 Å². The molecule has 3 N–H and O–H groups in total. The van der Waals surface area contributed by atoms with Gasteiger partial charge in [0.25, 0.3) is 0 Å². The summed E-state index contributed by atoms with van der Waals surface area (Å²) >= 11 is 0. The van der Waals surface area contributed by atoms with Crippen LogP contribution < -0.4 is 15.8 Å². The fourth-order valence-corrected chi connectivity index (χ4v) is 1.91. The fourth-order valence-electron chi connectivity index (χ4n) is 1.91. The molecule has 2 rings (SSSR count). The van der Waals surface area contributed by atoms with Gasteiger partial charge in [0.1, 0.15) is 5.82 Å². The number of pyridine rings is 1. The first kappa shape index (κ1) is 15.2. The third-order valence-electron chi connectivity index (χ3n) is 3.31. The molecule has 0 aliphatic carbocycles. The van der Waals surface area contributed by atoms with Crippen molar-refractivity contribution < 1.29 is 4.74 Å². The van der Waals surface area contributed by atoms with Crippen molar-refractivity contribution in [1.29, 1.82) is 0 Å². The second kappa shape index (κ2) is 6.48. The van der Waals surface area contributed by atoms with Crippen molar-refractivity contribution in [1.82, 2.24) is 4.98 Å². The van der Waals surface area contributed by atoms with Crippen LogP contribution in [-0.2, 0) is 0 Å². The maximum atomic E-state index is 5.91. The van der Waals surface area contributed by atoms with Crippen LogP contribution >= 0.6 is 0 Å². The molecule has 4 heteroatoms. The second-order valence-corrected chi connectivity index (χ2v) is 5.67. The van der Waals surface area contributed by atoms with Crippen LogP contribution in [0, 0.1) is 19.8 Å². The summed E-state index contributed by atoms with van der Waals surface area (Å²) in [6.07, 6.45) is 0. The second-order valence-electron chi connectivity index (χ2n) is 5.67. The van der Waals surface area contributed by atoms with Crippen LogP contribution in [0.2, 0.25) is 0 Å². The molecule has 0 fully saturated rings. The molecule has 21 heavy (non-hydrogen) atoms. The minimum Gasteiger partial charge on any atom is -0.476 e. The van der Waals surface area contributed by atoms with Crippen LogP contribution in [0.25, 0.3) is 0 Å². The first-order valence-electron chi connectivity index (χ1n) is 7.20. The molecule has 1 heterocycles. The Morgan fingerprint density at radius 2 is 1.95 bits per heavy atom. The maximum absolute atomic E-state index is 5.91. The summed E-state index contributed by atoms with van der Waals surface area (Å²) in [6, 6.07) is 9.83. The third-order valence-corrected chi connectivity index (χ3v) is 3.31. The Hall–Kier alpha value is -2.23. The van der Waals surface area contributed by atoms with Gasteiger partial charge in [-0.25, -0.2) is 0 Å². The molecule has 0 spiro atoms. The first-order valence-corrected chi connectivity index (χ1v) is 7.20. The van der Waals surface area contributed by atoms with Crippen LogP contribution in [-0.4, -0.2) is 11.6 Å². The zero-order chi connectivity index (χ0) is 15.4. The summed E-state index contributed by atoms with van der Waals surface area (Å²) in [4.78, 5) is 4.45. The Kier molecular flexibility index (Phi) is 4.68. The molecule has 0 bridgehead atoms. The van der Waals surface area contributed by atoms with Crippen molar-refractivity contribution in [2.24, 2.45) is 5.92 Å². The van der Waals surface area contributed by atoms with Gasteiger partial charge in [0, 0.05) is 5.69 Å². The van der Waals surface area contributed by atoms with E-state index in [1.807, 2.05) is 24.3 Å². The average molecular weight is 285 g/mol. The Morgan fingerprint density at radius 1 is 1.19 bits per heavy atom. The van der Waals surface area contributed by atoms with Crippen molar-refractivity contribution in [3.05, 3.63) is 41.5 Å². The molecule has 0 amide bonds. The summed E-state index contributed by atoms with van der Waals surface area (Å²) in [5.41, 5.74) is 9.96. The number of ether oxygens (including phenoxy) is 1. The molecule has 0 saturated heterocycles. The Labute approximate surface area is 126 Å². The van der Waals surface area contributed by atoms with Gasteiger partial charge in [-0.3, -0.25) is 0 Å². The van der Waals surface area contributed by atoms with Gasteiger partial charge >= 0.3 is 0 Å². The normalized spacial score (nSPS) is 10.7. The van der Waals surface area contributed by atoms with Gasteiger partial charge in [0.05, 0.1) is 12.3 Å². The molecule has 4 nitrogen and oxygen atoms in total. The van der Waals surface area contributed by atoms with E-state index in [9.17, 15) is 0 Å². The lowest BCUT2D eigenvalue weighted by Crippen LogP contribution is -2.08. The highest BCUT2D eigenvalue weighted by atomic mass is 16.5. The highest BCUT2D eigenvalue weighted by Gasteiger charge is 2.07. The Morgan fingerprint density at radius 3 is 2.67 bits per heavy atom. The number of nitrogens with zero attached hydrogens (tertiary/aromatic N) is 1. The molecular weight excluding hydrogens is 262 g/mol. The van der Waals surface area contributed by atoms with Gasteiger partial charge in [-0.1, -0.05) is 26.0 Å². The highest BCUT2D eigenvalue weighted by Crippen LogP contribution is 2.26. The molecule has 0 atom stereocenters. The number of hydrogen-bond donors (Lipinski definition) is 2. The number of aromatic nitrogens is 1. The van der Waals surface area contributed by atoms with Crippen LogP contribution in [0.5, 0.6) is 5.88 Å². The van der Waals surface area contributed by atoms with E-state index in [0.717, 1.165) is 11.5 Å². The van der Waals surface area contributed by atoms with Gasteiger partial charge in [-0.05, 0) is 49.1 Å². The predicted octanol–water partition coefficient (Wildman–Crippen LogP) is 4.06. The quantitative estimate of drug-likeness (QED) is 0.869.